The number of hydrogen-bond donors (Lipinski definition) is 1. The Kier molecular flexibility index (Phi) is 5.40. The molecule has 1 aromatic heterocycles. The Morgan fingerprint density at radius 2 is 1.75 bits per heavy atom. The van der Waals surface area contributed by atoms with Crippen molar-refractivity contribution in [3.05, 3.63) is 95.6 Å². The molecule has 1 heterocycles. The van der Waals surface area contributed by atoms with Crippen LogP contribution in [0.2, 0.25) is 0 Å². The summed E-state index contributed by atoms with van der Waals surface area (Å²) in [7, 11) is 0. The maximum atomic E-state index is 13.0. The van der Waals surface area contributed by atoms with Crippen molar-refractivity contribution in [2.24, 2.45) is 5.10 Å². The standard InChI is InChI=1S/C22H16FN3OS/c23-18-9-11-19(12-10-18)27-20-8-4-5-16(13-20)14-24-26-22-25-21(15-28-22)17-6-2-1-3-7-17/h1-15H,(H,25,26). The summed E-state index contributed by atoms with van der Waals surface area (Å²) in [5.74, 6) is 0.929. The van der Waals surface area contributed by atoms with E-state index in [4.69, 9.17) is 4.74 Å². The molecule has 138 valence electrons. The highest BCUT2D eigenvalue weighted by Gasteiger charge is 2.03. The summed E-state index contributed by atoms with van der Waals surface area (Å²) in [4.78, 5) is 4.53. The lowest BCUT2D eigenvalue weighted by Gasteiger charge is -2.06. The van der Waals surface area contributed by atoms with Crippen molar-refractivity contribution in [1.29, 1.82) is 0 Å². The number of hydrogen-bond acceptors (Lipinski definition) is 5. The smallest absolute Gasteiger partial charge is 0.203 e. The lowest BCUT2D eigenvalue weighted by Crippen LogP contribution is -1.91. The predicted octanol–water partition coefficient (Wildman–Crippen LogP) is 6.19. The van der Waals surface area contributed by atoms with E-state index in [2.05, 4.69) is 15.5 Å². The highest BCUT2D eigenvalue weighted by Crippen LogP contribution is 2.25. The second-order valence-corrected chi connectivity index (χ2v) is 6.76. The molecule has 0 aliphatic carbocycles. The van der Waals surface area contributed by atoms with Crippen LogP contribution in [0.3, 0.4) is 0 Å². The van der Waals surface area contributed by atoms with E-state index in [0.29, 0.717) is 16.6 Å². The Balaban J connectivity index is 1.40. The molecule has 6 heteroatoms. The molecule has 0 saturated carbocycles. The molecule has 0 atom stereocenters. The fourth-order valence-electron chi connectivity index (χ4n) is 2.53. The van der Waals surface area contributed by atoms with Gasteiger partial charge in [0.15, 0.2) is 0 Å². The third-order valence-electron chi connectivity index (χ3n) is 3.85. The maximum Gasteiger partial charge on any atom is 0.203 e. The van der Waals surface area contributed by atoms with E-state index in [1.807, 2.05) is 60.0 Å². The second kappa shape index (κ2) is 8.45. The van der Waals surface area contributed by atoms with Gasteiger partial charge in [-0.2, -0.15) is 5.10 Å². The minimum Gasteiger partial charge on any atom is -0.457 e. The van der Waals surface area contributed by atoms with Gasteiger partial charge in [-0.25, -0.2) is 9.37 Å². The Hall–Kier alpha value is -3.51. The number of hydrazone groups is 1. The predicted molar refractivity (Wildman–Crippen MR) is 112 cm³/mol. The first kappa shape index (κ1) is 17.9. The number of nitrogens with one attached hydrogen (secondary N) is 1. The van der Waals surface area contributed by atoms with E-state index >= 15 is 0 Å². The molecule has 0 aliphatic heterocycles. The first-order valence-electron chi connectivity index (χ1n) is 8.60. The van der Waals surface area contributed by atoms with Crippen molar-refractivity contribution in [1.82, 2.24) is 4.98 Å². The molecule has 4 rings (SSSR count). The molecule has 28 heavy (non-hydrogen) atoms. The molecule has 0 bridgehead atoms. The lowest BCUT2D eigenvalue weighted by atomic mass is 10.2. The summed E-state index contributed by atoms with van der Waals surface area (Å²) in [6.45, 7) is 0. The molecule has 0 saturated heterocycles. The van der Waals surface area contributed by atoms with Crippen LogP contribution in [0.5, 0.6) is 11.5 Å². The average Bonchev–Trinajstić information content (AvgIpc) is 3.20. The van der Waals surface area contributed by atoms with E-state index in [1.165, 1.54) is 23.5 Å². The van der Waals surface area contributed by atoms with Crippen LogP contribution in [0, 0.1) is 5.82 Å². The number of benzene rings is 3. The van der Waals surface area contributed by atoms with E-state index in [9.17, 15) is 4.39 Å². The molecule has 0 unspecified atom stereocenters. The molecule has 4 aromatic rings. The topological polar surface area (TPSA) is 46.5 Å². The number of rotatable bonds is 6. The van der Waals surface area contributed by atoms with Gasteiger partial charge in [-0.05, 0) is 42.0 Å². The van der Waals surface area contributed by atoms with E-state index in [0.717, 1.165) is 16.8 Å². The minimum absolute atomic E-state index is 0.295. The lowest BCUT2D eigenvalue weighted by molar-refractivity contribution is 0.480. The van der Waals surface area contributed by atoms with Crippen molar-refractivity contribution in [2.45, 2.75) is 0 Å². The largest absolute Gasteiger partial charge is 0.457 e. The molecule has 0 amide bonds. The average molecular weight is 389 g/mol. The Morgan fingerprint density at radius 3 is 2.57 bits per heavy atom. The fourth-order valence-corrected chi connectivity index (χ4v) is 3.19. The maximum absolute atomic E-state index is 13.0. The molecule has 0 radical (unpaired) electrons. The van der Waals surface area contributed by atoms with E-state index < -0.39 is 0 Å². The fraction of sp³-hybridized carbons (Fsp3) is 0. The number of thiazole rings is 1. The van der Waals surface area contributed by atoms with Crippen LogP contribution >= 0.6 is 11.3 Å². The van der Waals surface area contributed by atoms with Crippen molar-refractivity contribution >= 4 is 22.7 Å². The summed E-state index contributed by atoms with van der Waals surface area (Å²) in [6, 6.07) is 23.4. The van der Waals surface area contributed by atoms with Gasteiger partial charge >= 0.3 is 0 Å². The van der Waals surface area contributed by atoms with Gasteiger partial charge in [0.2, 0.25) is 5.13 Å². The SMILES string of the molecule is Fc1ccc(Oc2cccc(C=NNc3nc(-c4ccccc4)cs3)c2)cc1. The van der Waals surface area contributed by atoms with Gasteiger partial charge in [0.25, 0.3) is 0 Å². The van der Waals surface area contributed by atoms with Gasteiger partial charge in [0, 0.05) is 10.9 Å². The highest BCUT2D eigenvalue weighted by atomic mass is 32.1. The van der Waals surface area contributed by atoms with Crippen LogP contribution < -0.4 is 10.2 Å². The Labute approximate surface area is 166 Å². The number of nitrogens with zero attached hydrogens (tertiary/aromatic N) is 2. The first-order valence-corrected chi connectivity index (χ1v) is 9.48. The second-order valence-electron chi connectivity index (χ2n) is 5.90. The van der Waals surface area contributed by atoms with Crippen molar-refractivity contribution in [3.8, 4) is 22.8 Å². The summed E-state index contributed by atoms with van der Waals surface area (Å²) in [6.07, 6.45) is 1.70. The number of halogens is 1. The zero-order valence-corrected chi connectivity index (χ0v) is 15.6. The van der Waals surface area contributed by atoms with Gasteiger partial charge in [0.05, 0.1) is 11.9 Å². The molecule has 0 spiro atoms. The third-order valence-corrected chi connectivity index (χ3v) is 4.60. The zero-order chi connectivity index (χ0) is 19.2. The van der Waals surface area contributed by atoms with Crippen molar-refractivity contribution < 1.29 is 9.13 Å². The third kappa shape index (κ3) is 4.61. The number of anilines is 1. The summed E-state index contributed by atoms with van der Waals surface area (Å²) >= 11 is 1.49. The van der Waals surface area contributed by atoms with Gasteiger partial charge in [0.1, 0.15) is 17.3 Å². The molecular weight excluding hydrogens is 373 g/mol. The summed E-state index contributed by atoms with van der Waals surface area (Å²) in [5, 5.41) is 6.95. The number of aromatic nitrogens is 1. The van der Waals surface area contributed by atoms with Crippen LogP contribution in [0.1, 0.15) is 5.56 Å². The van der Waals surface area contributed by atoms with E-state index in [1.54, 1.807) is 18.3 Å². The van der Waals surface area contributed by atoms with Gasteiger partial charge in [-0.3, -0.25) is 5.43 Å². The van der Waals surface area contributed by atoms with Gasteiger partial charge in [-0.1, -0.05) is 42.5 Å². The van der Waals surface area contributed by atoms with Gasteiger partial charge < -0.3 is 4.74 Å². The minimum atomic E-state index is -0.295. The Morgan fingerprint density at radius 1 is 0.929 bits per heavy atom. The van der Waals surface area contributed by atoms with Crippen molar-refractivity contribution in [2.75, 3.05) is 5.43 Å². The Bertz CT molecular complexity index is 1080. The molecule has 0 aliphatic rings. The molecule has 0 fully saturated rings. The first-order chi connectivity index (χ1) is 13.8. The normalized spacial score (nSPS) is 10.9. The molecule has 3 aromatic carbocycles. The van der Waals surface area contributed by atoms with Crippen molar-refractivity contribution in [3.63, 3.8) is 0 Å². The van der Waals surface area contributed by atoms with Crippen LogP contribution in [0.15, 0.2) is 89.3 Å². The summed E-state index contributed by atoms with van der Waals surface area (Å²) < 4.78 is 18.7. The highest BCUT2D eigenvalue weighted by molar-refractivity contribution is 7.14. The van der Waals surface area contributed by atoms with Gasteiger partial charge in [-0.15, -0.1) is 11.3 Å². The van der Waals surface area contributed by atoms with Crippen LogP contribution in [-0.2, 0) is 0 Å². The molecular formula is C22H16FN3OS. The number of ether oxygens (including phenoxy) is 1. The monoisotopic (exact) mass is 389 g/mol. The van der Waals surface area contributed by atoms with E-state index in [-0.39, 0.29) is 5.82 Å². The molecule has 1 N–H and O–H groups in total. The summed E-state index contributed by atoms with van der Waals surface area (Å²) in [5.41, 5.74) is 5.81. The van der Waals surface area contributed by atoms with Crippen LogP contribution in [0.25, 0.3) is 11.3 Å². The zero-order valence-electron chi connectivity index (χ0n) is 14.7. The van der Waals surface area contributed by atoms with Crippen LogP contribution in [0.4, 0.5) is 9.52 Å². The quantitative estimate of drug-likeness (QED) is 0.316. The molecule has 4 nitrogen and oxygen atoms in total. The van der Waals surface area contributed by atoms with Crippen LogP contribution in [-0.4, -0.2) is 11.2 Å².